The van der Waals surface area contributed by atoms with E-state index in [0.29, 0.717) is 17.5 Å². The second kappa shape index (κ2) is 15.0. The van der Waals surface area contributed by atoms with E-state index in [4.69, 9.17) is 15.0 Å². The monoisotopic (exact) mass is 912 g/mol. The van der Waals surface area contributed by atoms with Crippen molar-refractivity contribution >= 4 is 117 Å². The number of nitrogens with zero attached hydrogens (tertiary/aromatic N) is 4. The standard InChI is InChI=1S/C63H36N4S2/c1-3-14-37(15-4-1)61-64-62(38-16-5-2-6-17-38)66-63(65-61)40-26-29-45-46-30-28-41(36-53(46)44-19-8-7-18-43(44)52(45)35-40)67-55-24-11-9-20-47(55)54-34-39(27-33-56(54)67)42-22-13-23-49-51-32-31-50-48-21-10-12-25-57(48)68-59(50)60(51)69-58(42)49/h1-36H. The first-order valence-electron chi connectivity index (χ1n) is 23.3. The molecule has 320 valence electrons. The Bertz CT molecular complexity index is 4530. The van der Waals surface area contributed by atoms with E-state index in [-0.39, 0.29) is 0 Å². The van der Waals surface area contributed by atoms with Crippen LogP contribution in [0.2, 0.25) is 0 Å². The molecule has 0 unspecified atom stereocenters. The highest BCUT2D eigenvalue weighted by atomic mass is 32.1. The SMILES string of the molecule is c1ccc(-c2nc(-c3ccccc3)nc(-c3ccc4c5ccc(-n6c7ccccc7c7cc(-c8cccc9c8sc8c9ccc9c%10ccccc%10sc98)ccc76)cc5c5ccccc5c4c3)n2)cc1. The topological polar surface area (TPSA) is 43.6 Å². The highest BCUT2D eigenvalue weighted by molar-refractivity contribution is 7.33. The molecule has 4 aromatic heterocycles. The van der Waals surface area contributed by atoms with Crippen molar-refractivity contribution in [1.29, 1.82) is 0 Å². The minimum absolute atomic E-state index is 0.646. The molecule has 0 saturated heterocycles. The quantitative estimate of drug-likeness (QED) is 0.162. The van der Waals surface area contributed by atoms with Crippen molar-refractivity contribution in [2.45, 2.75) is 0 Å². The molecule has 6 heteroatoms. The maximum atomic E-state index is 5.08. The van der Waals surface area contributed by atoms with Crippen molar-refractivity contribution in [2.75, 3.05) is 0 Å². The minimum Gasteiger partial charge on any atom is -0.309 e. The van der Waals surface area contributed by atoms with E-state index in [2.05, 4.69) is 187 Å². The molecular formula is C63H36N4S2. The van der Waals surface area contributed by atoms with Gasteiger partial charge in [-0.25, -0.2) is 15.0 Å². The van der Waals surface area contributed by atoms with Gasteiger partial charge in [0.2, 0.25) is 0 Å². The van der Waals surface area contributed by atoms with Crippen LogP contribution in [-0.4, -0.2) is 19.5 Å². The highest BCUT2D eigenvalue weighted by Gasteiger charge is 2.20. The van der Waals surface area contributed by atoms with Crippen molar-refractivity contribution in [1.82, 2.24) is 19.5 Å². The first-order chi connectivity index (χ1) is 34.2. The van der Waals surface area contributed by atoms with Crippen LogP contribution in [-0.2, 0) is 0 Å². The van der Waals surface area contributed by atoms with Gasteiger partial charge in [0.05, 0.1) is 20.4 Å². The molecule has 0 bridgehead atoms. The lowest BCUT2D eigenvalue weighted by Gasteiger charge is -2.15. The largest absolute Gasteiger partial charge is 0.309 e. The van der Waals surface area contributed by atoms with Gasteiger partial charge in [0.25, 0.3) is 0 Å². The minimum atomic E-state index is 0.646. The Kier molecular flexibility index (Phi) is 8.37. The van der Waals surface area contributed by atoms with Gasteiger partial charge in [-0.05, 0) is 85.9 Å². The van der Waals surface area contributed by atoms with E-state index < -0.39 is 0 Å². The Balaban J connectivity index is 0.880. The van der Waals surface area contributed by atoms with E-state index in [9.17, 15) is 0 Å². The molecule has 0 spiro atoms. The summed E-state index contributed by atoms with van der Waals surface area (Å²) >= 11 is 3.85. The number of aromatic nitrogens is 4. The molecule has 4 heterocycles. The van der Waals surface area contributed by atoms with Crippen LogP contribution in [0.5, 0.6) is 0 Å². The van der Waals surface area contributed by atoms with Gasteiger partial charge < -0.3 is 4.57 Å². The van der Waals surface area contributed by atoms with Gasteiger partial charge in [-0.1, -0.05) is 176 Å². The third kappa shape index (κ3) is 5.89. The lowest BCUT2D eigenvalue weighted by Crippen LogP contribution is -2.00. The summed E-state index contributed by atoms with van der Waals surface area (Å²) in [7, 11) is 0. The first kappa shape index (κ1) is 38.5. The van der Waals surface area contributed by atoms with Crippen LogP contribution in [0.25, 0.3) is 145 Å². The van der Waals surface area contributed by atoms with Crippen LogP contribution in [0.4, 0.5) is 0 Å². The molecule has 15 aromatic rings. The second-order valence-corrected chi connectivity index (χ2v) is 19.9. The van der Waals surface area contributed by atoms with Gasteiger partial charge in [0.15, 0.2) is 17.5 Å². The van der Waals surface area contributed by atoms with Gasteiger partial charge >= 0.3 is 0 Å². The zero-order valence-corrected chi connectivity index (χ0v) is 38.5. The van der Waals surface area contributed by atoms with Crippen molar-refractivity contribution < 1.29 is 0 Å². The normalized spacial score (nSPS) is 12.1. The van der Waals surface area contributed by atoms with E-state index in [1.165, 1.54) is 100 Å². The molecule has 11 aromatic carbocycles. The van der Waals surface area contributed by atoms with Gasteiger partial charge in [-0.3, -0.25) is 0 Å². The van der Waals surface area contributed by atoms with Crippen LogP contribution < -0.4 is 0 Å². The molecule has 15 rings (SSSR count). The molecule has 0 amide bonds. The van der Waals surface area contributed by atoms with Gasteiger partial charge in [-0.15, -0.1) is 22.7 Å². The van der Waals surface area contributed by atoms with Crippen LogP contribution in [0.3, 0.4) is 0 Å². The molecule has 0 saturated carbocycles. The van der Waals surface area contributed by atoms with E-state index in [0.717, 1.165) is 27.8 Å². The van der Waals surface area contributed by atoms with Crippen molar-refractivity contribution in [2.24, 2.45) is 0 Å². The lowest BCUT2D eigenvalue weighted by atomic mass is 9.93. The van der Waals surface area contributed by atoms with Crippen molar-refractivity contribution in [3.63, 3.8) is 0 Å². The lowest BCUT2D eigenvalue weighted by molar-refractivity contribution is 1.07. The average molecular weight is 913 g/mol. The summed E-state index contributed by atoms with van der Waals surface area (Å²) in [5.41, 5.74) is 8.87. The summed E-state index contributed by atoms with van der Waals surface area (Å²) in [4.78, 5) is 15.1. The molecule has 0 atom stereocenters. The predicted octanol–water partition coefficient (Wildman–Crippen LogP) is 17.8. The maximum absolute atomic E-state index is 5.08. The molecule has 0 aliphatic rings. The predicted molar refractivity (Wildman–Crippen MR) is 294 cm³/mol. The maximum Gasteiger partial charge on any atom is 0.164 e. The first-order valence-corrected chi connectivity index (χ1v) is 24.9. The number of hydrogen-bond donors (Lipinski definition) is 0. The summed E-state index contributed by atoms with van der Waals surface area (Å²) in [6.45, 7) is 0. The Morgan fingerprint density at radius 2 is 0.768 bits per heavy atom. The van der Waals surface area contributed by atoms with E-state index in [1.807, 2.05) is 59.1 Å². The van der Waals surface area contributed by atoms with Gasteiger partial charge in [0, 0.05) is 64.1 Å². The van der Waals surface area contributed by atoms with Crippen LogP contribution >= 0.6 is 22.7 Å². The van der Waals surface area contributed by atoms with Crippen molar-refractivity contribution in [3.05, 3.63) is 218 Å². The number of fused-ring (bicyclic) bond motifs is 16. The number of hydrogen-bond acceptors (Lipinski definition) is 5. The Morgan fingerprint density at radius 1 is 0.275 bits per heavy atom. The smallest absolute Gasteiger partial charge is 0.164 e. The molecule has 4 nitrogen and oxygen atoms in total. The molecule has 0 N–H and O–H groups in total. The van der Waals surface area contributed by atoms with Crippen LogP contribution in [0.1, 0.15) is 0 Å². The van der Waals surface area contributed by atoms with Crippen LogP contribution in [0, 0.1) is 0 Å². The zero-order valence-electron chi connectivity index (χ0n) is 36.9. The Hall–Kier alpha value is -8.55. The number of rotatable bonds is 5. The fourth-order valence-corrected chi connectivity index (χ4v) is 13.5. The summed E-state index contributed by atoms with van der Waals surface area (Å²) in [6.07, 6.45) is 0. The molecule has 0 aliphatic carbocycles. The summed E-state index contributed by atoms with van der Waals surface area (Å²) < 4.78 is 7.89. The number of para-hydroxylation sites is 1. The Morgan fingerprint density at radius 3 is 1.51 bits per heavy atom. The van der Waals surface area contributed by atoms with Gasteiger partial charge in [0.1, 0.15) is 0 Å². The molecule has 0 aliphatic heterocycles. The Labute approximate surface area is 403 Å². The molecular weight excluding hydrogens is 877 g/mol. The summed E-state index contributed by atoms with van der Waals surface area (Å²) in [5.74, 6) is 1.95. The third-order valence-corrected chi connectivity index (χ3v) is 16.6. The zero-order chi connectivity index (χ0) is 45.2. The number of thiophene rings is 2. The molecule has 69 heavy (non-hydrogen) atoms. The highest BCUT2D eigenvalue weighted by Crippen LogP contribution is 2.48. The summed E-state index contributed by atoms with van der Waals surface area (Å²) in [6, 6.07) is 79.0. The third-order valence-electron chi connectivity index (χ3n) is 14.0. The van der Waals surface area contributed by atoms with Gasteiger partial charge in [-0.2, -0.15) is 0 Å². The fraction of sp³-hybridized carbons (Fsp3) is 0. The number of benzene rings is 11. The van der Waals surface area contributed by atoms with E-state index in [1.54, 1.807) is 0 Å². The molecule has 0 fully saturated rings. The van der Waals surface area contributed by atoms with E-state index >= 15 is 0 Å². The van der Waals surface area contributed by atoms with Crippen LogP contribution in [0.15, 0.2) is 218 Å². The second-order valence-electron chi connectivity index (χ2n) is 17.9. The summed E-state index contributed by atoms with van der Waals surface area (Å²) in [5, 5.41) is 15.0. The van der Waals surface area contributed by atoms with Crippen molar-refractivity contribution in [3.8, 4) is 51.0 Å². The molecule has 0 radical (unpaired) electrons. The fourth-order valence-electron chi connectivity index (χ4n) is 10.8. The average Bonchev–Trinajstić information content (AvgIpc) is 4.11.